The molecular formula is C15H25FN2. The minimum absolute atomic E-state index is 0.117. The zero-order chi connectivity index (χ0) is 13.5. The molecular weight excluding hydrogens is 227 g/mol. The molecule has 2 nitrogen and oxygen atoms in total. The molecule has 0 bridgehead atoms. The van der Waals surface area contributed by atoms with Gasteiger partial charge in [-0.2, -0.15) is 0 Å². The molecule has 0 atom stereocenters. The molecule has 102 valence electrons. The van der Waals surface area contributed by atoms with Crippen LogP contribution in [0, 0.1) is 5.82 Å². The zero-order valence-electron chi connectivity index (χ0n) is 12.0. The number of anilines is 1. The van der Waals surface area contributed by atoms with Crippen LogP contribution in [-0.4, -0.2) is 19.1 Å². The number of rotatable bonds is 7. The Balaban J connectivity index is 2.78. The van der Waals surface area contributed by atoms with E-state index in [9.17, 15) is 4.39 Å². The van der Waals surface area contributed by atoms with Crippen molar-refractivity contribution in [1.29, 1.82) is 0 Å². The van der Waals surface area contributed by atoms with Crippen LogP contribution in [0.4, 0.5) is 10.1 Å². The normalized spacial score (nSPS) is 11.0. The molecule has 1 aromatic carbocycles. The summed E-state index contributed by atoms with van der Waals surface area (Å²) in [4.78, 5) is 2.08. The number of hydrogen-bond acceptors (Lipinski definition) is 2. The SMILES string of the molecule is CCCN(CC)c1ccc(CNC(C)C)cc1F. The van der Waals surface area contributed by atoms with E-state index in [-0.39, 0.29) is 5.82 Å². The first-order valence-electron chi connectivity index (χ1n) is 6.85. The molecule has 0 fully saturated rings. The second-order valence-corrected chi connectivity index (χ2v) is 4.90. The first kappa shape index (κ1) is 15.0. The summed E-state index contributed by atoms with van der Waals surface area (Å²) < 4.78 is 14.1. The minimum Gasteiger partial charge on any atom is -0.369 e. The summed E-state index contributed by atoms with van der Waals surface area (Å²) in [7, 11) is 0. The molecule has 0 spiro atoms. The third-order valence-corrected chi connectivity index (χ3v) is 2.94. The maximum atomic E-state index is 14.1. The number of nitrogens with zero attached hydrogens (tertiary/aromatic N) is 1. The third-order valence-electron chi connectivity index (χ3n) is 2.94. The van der Waals surface area contributed by atoms with Gasteiger partial charge in [-0.15, -0.1) is 0 Å². The van der Waals surface area contributed by atoms with Crippen LogP contribution >= 0.6 is 0 Å². The fourth-order valence-electron chi connectivity index (χ4n) is 1.96. The highest BCUT2D eigenvalue weighted by Crippen LogP contribution is 2.20. The van der Waals surface area contributed by atoms with Crippen molar-refractivity contribution in [2.24, 2.45) is 0 Å². The van der Waals surface area contributed by atoms with Crippen LogP contribution < -0.4 is 10.2 Å². The van der Waals surface area contributed by atoms with E-state index in [2.05, 4.69) is 37.9 Å². The van der Waals surface area contributed by atoms with Gasteiger partial charge in [0.25, 0.3) is 0 Å². The van der Waals surface area contributed by atoms with Gasteiger partial charge in [0.2, 0.25) is 0 Å². The smallest absolute Gasteiger partial charge is 0.146 e. The molecule has 0 aliphatic heterocycles. The van der Waals surface area contributed by atoms with Gasteiger partial charge < -0.3 is 10.2 Å². The van der Waals surface area contributed by atoms with Crippen LogP contribution in [0.2, 0.25) is 0 Å². The Morgan fingerprint density at radius 1 is 1.28 bits per heavy atom. The second kappa shape index (κ2) is 7.37. The Morgan fingerprint density at radius 2 is 2.00 bits per heavy atom. The highest BCUT2D eigenvalue weighted by Gasteiger charge is 2.09. The third kappa shape index (κ3) is 4.30. The maximum Gasteiger partial charge on any atom is 0.146 e. The van der Waals surface area contributed by atoms with Crippen LogP contribution in [0.1, 0.15) is 39.7 Å². The molecule has 0 saturated carbocycles. The Kier molecular flexibility index (Phi) is 6.13. The lowest BCUT2D eigenvalue weighted by molar-refractivity contribution is 0.580. The molecule has 0 aliphatic carbocycles. The van der Waals surface area contributed by atoms with E-state index in [4.69, 9.17) is 0 Å². The van der Waals surface area contributed by atoms with Gasteiger partial charge in [0.05, 0.1) is 5.69 Å². The number of halogens is 1. The Bertz CT molecular complexity index is 364. The second-order valence-electron chi connectivity index (χ2n) is 4.90. The molecule has 0 aromatic heterocycles. The molecule has 1 N–H and O–H groups in total. The van der Waals surface area contributed by atoms with E-state index < -0.39 is 0 Å². The van der Waals surface area contributed by atoms with Gasteiger partial charge in [0.1, 0.15) is 5.82 Å². The molecule has 0 aliphatic rings. The average Bonchev–Trinajstić information content (AvgIpc) is 2.34. The molecule has 3 heteroatoms. The Morgan fingerprint density at radius 3 is 2.50 bits per heavy atom. The van der Waals surface area contributed by atoms with E-state index in [0.29, 0.717) is 11.7 Å². The highest BCUT2D eigenvalue weighted by molar-refractivity contribution is 5.49. The molecule has 1 rings (SSSR count). The summed E-state index contributed by atoms with van der Waals surface area (Å²) >= 11 is 0. The van der Waals surface area contributed by atoms with Crippen LogP contribution in [0.25, 0.3) is 0 Å². The zero-order valence-corrected chi connectivity index (χ0v) is 12.0. The summed E-state index contributed by atoms with van der Waals surface area (Å²) in [6.45, 7) is 10.8. The number of benzene rings is 1. The van der Waals surface area contributed by atoms with Gasteiger partial charge in [-0.1, -0.05) is 26.8 Å². The van der Waals surface area contributed by atoms with Gasteiger partial charge in [-0.25, -0.2) is 4.39 Å². The van der Waals surface area contributed by atoms with E-state index in [1.165, 1.54) is 0 Å². The van der Waals surface area contributed by atoms with Crippen LogP contribution in [-0.2, 0) is 6.54 Å². The Hall–Kier alpha value is -1.09. The van der Waals surface area contributed by atoms with Crippen molar-refractivity contribution < 1.29 is 4.39 Å². The molecule has 0 saturated heterocycles. The molecule has 0 amide bonds. The van der Waals surface area contributed by atoms with Crippen molar-refractivity contribution in [2.45, 2.75) is 46.7 Å². The number of hydrogen-bond donors (Lipinski definition) is 1. The minimum atomic E-state index is -0.117. The first-order valence-corrected chi connectivity index (χ1v) is 6.85. The van der Waals surface area contributed by atoms with E-state index in [1.807, 2.05) is 12.1 Å². The van der Waals surface area contributed by atoms with Crippen molar-refractivity contribution in [2.75, 3.05) is 18.0 Å². The topological polar surface area (TPSA) is 15.3 Å². The van der Waals surface area contributed by atoms with Gasteiger partial charge >= 0.3 is 0 Å². The summed E-state index contributed by atoms with van der Waals surface area (Å²) in [5.41, 5.74) is 1.71. The predicted octanol–water partition coefficient (Wildman–Crippen LogP) is 3.56. The van der Waals surface area contributed by atoms with E-state index in [0.717, 1.165) is 31.6 Å². The van der Waals surface area contributed by atoms with Crippen LogP contribution in [0.15, 0.2) is 18.2 Å². The molecule has 18 heavy (non-hydrogen) atoms. The van der Waals surface area contributed by atoms with Crippen molar-refractivity contribution in [3.8, 4) is 0 Å². The fraction of sp³-hybridized carbons (Fsp3) is 0.600. The van der Waals surface area contributed by atoms with Crippen molar-refractivity contribution in [3.63, 3.8) is 0 Å². The largest absolute Gasteiger partial charge is 0.369 e. The van der Waals surface area contributed by atoms with Gasteiger partial charge in [-0.05, 0) is 31.0 Å². The molecule has 0 unspecified atom stereocenters. The first-order chi connectivity index (χ1) is 8.58. The lowest BCUT2D eigenvalue weighted by Crippen LogP contribution is -2.25. The number of nitrogens with one attached hydrogen (secondary N) is 1. The van der Waals surface area contributed by atoms with Crippen molar-refractivity contribution in [1.82, 2.24) is 5.32 Å². The standard InChI is InChI=1S/C15H25FN2/c1-5-9-18(6-2)15-8-7-13(10-14(15)16)11-17-12(3)4/h7-8,10,12,17H,5-6,9,11H2,1-4H3. The monoisotopic (exact) mass is 252 g/mol. The van der Waals surface area contributed by atoms with Gasteiger partial charge in [-0.3, -0.25) is 0 Å². The van der Waals surface area contributed by atoms with E-state index >= 15 is 0 Å². The summed E-state index contributed by atoms with van der Waals surface area (Å²) in [5.74, 6) is -0.117. The molecule has 1 aromatic rings. The van der Waals surface area contributed by atoms with Gasteiger partial charge in [0.15, 0.2) is 0 Å². The summed E-state index contributed by atoms with van der Waals surface area (Å²) in [5, 5.41) is 3.30. The fourth-order valence-corrected chi connectivity index (χ4v) is 1.96. The molecule has 0 heterocycles. The highest BCUT2D eigenvalue weighted by atomic mass is 19.1. The summed E-state index contributed by atoms with van der Waals surface area (Å²) in [6, 6.07) is 5.96. The van der Waals surface area contributed by atoms with Crippen LogP contribution in [0.5, 0.6) is 0 Å². The lowest BCUT2D eigenvalue weighted by Gasteiger charge is -2.23. The van der Waals surface area contributed by atoms with Crippen molar-refractivity contribution in [3.05, 3.63) is 29.6 Å². The van der Waals surface area contributed by atoms with Crippen LogP contribution in [0.3, 0.4) is 0 Å². The average molecular weight is 252 g/mol. The van der Waals surface area contributed by atoms with Crippen molar-refractivity contribution >= 4 is 5.69 Å². The quantitative estimate of drug-likeness (QED) is 0.798. The summed E-state index contributed by atoms with van der Waals surface area (Å²) in [6.07, 6.45) is 1.03. The Labute approximate surface area is 110 Å². The van der Waals surface area contributed by atoms with Gasteiger partial charge in [0, 0.05) is 25.7 Å². The maximum absolute atomic E-state index is 14.1. The lowest BCUT2D eigenvalue weighted by atomic mass is 10.1. The molecule has 0 radical (unpaired) electrons. The predicted molar refractivity (Wildman–Crippen MR) is 76.6 cm³/mol. The van der Waals surface area contributed by atoms with E-state index in [1.54, 1.807) is 6.07 Å².